The fourth-order valence-electron chi connectivity index (χ4n) is 3.81. The Hall–Kier alpha value is -4.09. The van der Waals surface area contributed by atoms with Crippen LogP contribution in [-0.2, 0) is 16.6 Å². The normalized spacial score (nSPS) is 14.1. The van der Waals surface area contributed by atoms with Gasteiger partial charge in [0.15, 0.2) is 0 Å². The maximum Gasteiger partial charge on any atom is 0.295 e. The second-order valence-electron chi connectivity index (χ2n) is 7.75. The highest BCUT2D eigenvalue weighted by molar-refractivity contribution is 6.09. The highest BCUT2D eigenvalue weighted by atomic mass is 16.5. The number of nitrogens with one attached hydrogen (secondary N) is 1. The van der Waals surface area contributed by atoms with Crippen LogP contribution in [0.15, 0.2) is 65.0 Å². The van der Waals surface area contributed by atoms with E-state index in [9.17, 15) is 14.9 Å². The van der Waals surface area contributed by atoms with Crippen molar-refractivity contribution in [3.05, 3.63) is 81.8 Å². The Bertz CT molecular complexity index is 1270. The number of nitrogens with zero attached hydrogens (tertiary/aromatic N) is 4. The van der Waals surface area contributed by atoms with Crippen LogP contribution >= 0.6 is 0 Å². The summed E-state index contributed by atoms with van der Waals surface area (Å²) in [6.07, 6.45) is 1.52. The number of rotatable bonds is 5. The van der Waals surface area contributed by atoms with Crippen LogP contribution in [0.5, 0.6) is 0 Å². The van der Waals surface area contributed by atoms with Crippen LogP contribution in [0.1, 0.15) is 11.3 Å². The molecule has 8 nitrogen and oxygen atoms in total. The third-order valence-electron chi connectivity index (χ3n) is 5.74. The molecule has 0 atom stereocenters. The van der Waals surface area contributed by atoms with Crippen LogP contribution in [-0.4, -0.2) is 41.6 Å². The van der Waals surface area contributed by atoms with E-state index >= 15 is 0 Å². The molecule has 0 bridgehead atoms. The lowest BCUT2D eigenvalue weighted by atomic mass is 10.1. The monoisotopic (exact) mass is 443 g/mol. The predicted molar refractivity (Wildman–Crippen MR) is 127 cm³/mol. The van der Waals surface area contributed by atoms with Crippen LogP contribution in [0, 0.1) is 18.3 Å². The summed E-state index contributed by atoms with van der Waals surface area (Å²) < 4.78 is 8.53. The Morgan fingerprint density at radius 1 is 1.06 bits per heavy atom. The number of morpholine rings is 1. The van der Waals surface area contributed by atoms with Crippen LogP contribution in [0.25, 0.3) is 11.8 Å². The molecule has 4 rings (SSSR count). The Kier molecular flexibility index (Phi) is 6.43. The molecular formula is C25H25N5O3. The van der Waals surface area contributed by atoms with E-state index in [1.54, 1.807) is 18.7 Å². The zero-order chi connectivity index (χ0) is 23.4. The van der Waals surface area contributed by atoms with E-state index in [2.05, 4.69) is 10.2 Å². The number of carbonyl (C=O) groups is 1. The summed E-state index contributed by atoms with van der Waals surface area (Å²) >= 11 is 0. The minimum Gasteiger partial charge on any atom is -0.378 e. The van der Waals surface area contributed by atoms with Gasteiger partial charge in [0.2, 0.25) is 0 Å². The van der Waals surface area contributed by atoms with E-state index in [1.165, 1.54) is 10.8 Å². The maximum absolute atomic E-state index is 13.0. The first-order chi connectivity index (χ1) is 16.0. The van der Waals surface area contributed by atoms with Crippen LogP contribution < -0.4 is 15.8 Å². The topological polar surface area (TPSA) is 92.3 Å². The van der Waals surface area contributed by atoms with E-state index in [1.807, 2.05) is 60.7 Å². The Morgan fingerprint density at radius 3 is 2.36 bits per heavy atom. The van der Waals surface area contributed by atoms with Gasteiger partial charge in [0.05, 0.1) is 24.6 Å². The molecular weight excluding hydrogens is 418 g/mol. The maximum atomic E-state index is 13.0. The standard InChI is InChI=1S/C25H25N5O3/c1-18-23(25(32)30(28(18)2)22-6-4-3-5-7-22)27-24(31)20(17-26)16-19-8-10-21(11-9-19)29-12-14-33-15-13-29/h3-11,16H,12-15H2,1-2H3,(H,27,31)/b20-16-. The first-order valence-corrected chi connectivity index (χ1v) is 10.7. The van der Waals surface area contributed by atoms with Crippen LogP contribution in [0.2, 0.25) is 0 Å². The number of hydrogen-bond acceptors (Lipinski definition) is 5. The minimum atomic E-state index is -0.624. The molecule has 1 amide bonds. The molecule has 0 radical (unpaired) electrons. The molecule has 2 aromatic carbocycles. The average Bonchev–Trinajstić information content (AvgIpc) is 3.06. The number of benzene rings is 2. The number of para-hydroxylation sites is 1. The summed E-state index contributed by atoms with van der Waals surface area (Å²) in [4.78, 5) is 28.1. The van der Waals surface area contributed by atoms with Crippen LogP contribution in [0.3, 0.4) is 0 Å². The van der Waals surface area contributed by atoms with Crippen molar-refractivity contribution in [3.63, 3.8) is 0 Å². The van der Waals surface area contributed by atoms with Gasteiger partial charge in [-0.25, -0.2) is 4.68 Å². The van der Waals surface area contributed by atoms with Gasteiger partial charge in [0.1, 0.15) is 17.3 Å². The fraction of sp³-hybridized carbons (Fsp3) is 0.240. The summed E-state index contributed by atoms with van der Waals surface area (Å²) in [6, 6.07) is 18.8. The van der Waals surface area contributed by atoms with Crippen molar-refractivity contribution in [2.24, 2.45) is 7.05 Å². The van der Waals surface area contributed by atoms with Crippen molar-refractivity contribution in [3.8, 4) is 11.8 Å². The quantitative estimate of drug-likeness (QED) is 0.484. The second-order valence-corrected chi connectivity index (χ2v) is 7.75. The lowest BCUT2D eigenvalue weighted by Gasteiger charge is -2.28. The van der Waals surface area contributed by atoms with E-state index < -0.39 is 5.91 Å². The number of nitriles is 1. The van der Waals surface area contributed by atoms with E-state index in [0.29, 0.717) is 24.6 Å². The summed E-state index contributed by atoms with van der Waals surface area (Å²) in [7, 11) is 1.75. The molecule has 0 saturated carbocycles. The van der Waals surface area contributed by atoms with Gasteiger partial charge in [-0.15, -0.1) is 0 Å². The molecule has 1 fully saturated rings. The van der Waals surface area contributed by atoms with Gasteiger partial charge in [-0.3, -0.25) is 14.3 Å². The van der Waals surface area contributed by atoms with E-state index in [-0.39, 0.29) is 16.8 Å². The third kappa shape index (κ3) is 4.59. The smallest absolute Gasteiger partial charge is 0.295 e. The predicted octanol–water partition coefficient (Wildman–Crippen LogP) is 2.87. The van der Waals surface area contributed by atoms with Crippen molar-refractivity contribution in [2.75, 3.05) is 36.5 Å². The fourth-order valence-corrected chi connectivity index (χ4v) is 3.81. The molecule has 1 aromatic heterocycles. The van der Waals surface area contributed by atoms with Crippen molar-refractivity contribution in [1.82, 2.24) is 9.36 Å². The zero-order valence-electron chi connectivity index (χ0n) is 18.6. The molecule has 8 heteroatoms. The number of aromatic nitrogens is 2. The molecule has 168 valence electrons. The van der Waals surface area contributed by atoms with Gasteiger partial charge < -0.3 is 15.0 Å². The van der Waals surface area contributed by atoms with E-state index in [4.69, 9.17) is 4.74 Å². The Morgan fingerprint density at radius 2 is 1.73 bits per heavy atom. The van der Waals surface area contributed by atoms with Crippen LogP contribution in [0.4, 0.5) is 11.4 Å². The summed E-state index contributed by atoms with van der Waals surface area (Å²) in [6.45, 7) is 4.81. The molecule has 1 N–H and O–H groups in total. The highest BCUT2D eigenvalue weighted by Gasteiger charge is 2.20. The molecule has 0 unspecified atom stereocenters. The molecule has 1 aliphatic rings. The number of carbonyl (C=O) groups excluding carboxylic acids is 1. The average molecular weight is 444 g/mol. The molecule has 33 heavy (non-hydrogen) atoms. The van der Waals surface area contributed by atoms with Gasteiger partial charge in [-0.1, -0.05) is 30.3 Å². The minimum absolute atomic E-state index is 0.0805. The molecule has 1 saturated heterocycles. The largest absolute Gasteiger partial charge is 0.378 e. The first kappa shape index (κ1) is 22.1. The molecule has 0 aliphatic carbocycles. The Labute approximate surface area is 191 Å². The third-order valence-corrected chi connectivity index (χ3v) is 5.74. The molecule has 0 spiro atoms. The number of ether oxygens (including phenoxy) is 1. The number of hydrogen-bond donors (Lipinski definition) is 1. The first-order valence-electron chi connectivity index (χ1n) is 10.7. The molecule has 2 heterocycles. The van der Waals surface area contributed by atoms with Crippen molar-refractivity contribution in [2.45, 2.75) is 6.92 Å². The summed E-state index contributed by atoms with van der Waals surface area (Å²) in [5, 5.41) is 12.2. The molecule has 1 aliphatic heterocycles. The summed E-state index contributed by atoms with van der Waals surface area (Å²) in [5.41, 5.74) is 2.78. The number of anilines is 2. The van der Waals surface area contributed by atoms with E-state index in [0.717, 1.165) is 24.3 Å². The van der Waals surface area contributed by atoms with Crippen molar-refractivity contribution >= 4 is 23.4 Å². The van der Waals surface area contributed by atoms with Gasteiger partial charge >= 0.3 is 0 Å². The molecule has 3 aromatic rings. The number of amides is 1. The lowest BCUT2D eigenvalue weighted by molar-refractivity contribution is -0.112. The Balaban J connectivity index is 1.56. The van der Waals surface area contributed by atoms with Crippen molar-refractivity contribution < 1.29 is 9.53 Å². The second kappa shape index (κ2) is 9.59. The SMILES string of the molecule is Cc1c(NC(=O)/C(C#N)=C\c2ccc(N3CCOCC3)cc2)c(=O)n(-c2ccccc2)n1C. The highest BCUT2D eigenvalue weighted by Crippen LogP contribution is 2.19. The van der Waals surface area contributed by atoms with Gasteiger partial charge in [-0.05, 0) is 42.8 Å². The van der Waals surface area contributed by atoms with Gasteiger partial charge in [-0.2, -0.15) is 5.26 Å². The van der Waals surface area contributed by atoms with Gasteiger partial charge in [0, 0.05) is 25.8 Å². The summed E-state index contributed by atoms with van der Waals surface area (Å²) in [5.74, 6) is -0.624. The van der Waals surface area contributed by atoms with Gasteiger partial charge in [0.25, 0.3) is 11.5 Å². The zero-order valence-corrected chi connectivity index (χ0v) is 18.6. The lowest BCUT2D eigenvalue weighted by Crippen LogP contribution is -2.36. The van der Waals surface area contributed by atoms with Crippen molar-refractivity contribution in [1.29, 1.82) is 5.26 Å².